The number of hydrogen-bond donors (Lipinski definition) is 2. The minimum absolute atomic E-state index is 0. The summed E-state index contributed by atoms with van der Waals surface area (Å²) in [7, 11) is -1.26. The number of rotatable bonds is 7. The zero-order valence-corrected chi connectivity index (χ0v) is 18.7. The Morgan fingerprint density at radius 1 is 1.31 bits per heavy atom. The molecule has 0 radical (unpaired) electrons. The van der Waals surface area contributed by atoms with Crippen molar-refractivity contribution in [2.24, 2.45) is 4.99 Å². The van der Waals surface area contributed by atoms with Gasteiger partial charge in [-0.05, 0) is 43.9 Å². The van der Waals surface area contributed by atoms with E-state index in [9.17, 15) is 12.8 Å². The Bertz CT molecular complexity index is 704. The fourth-order valence-electron chi connectivity index (χ4n) is 3.12. The number of nitrogens with one attached hydrogen (secondary N) is 2. The SMILES string of the molecule is CN=C(NCC1(c2ccc(F)cc2)CCC1)NC(C)CCS(C)(=O)=O.I. The van der Waals surface area contributed by atoms with Crippen LogP contribution in [0.25, 0.3) is 0 Å². The summed E-state index contributed by atoms with van der Waals surface area (Å²) in [5, 5.41) is 6.58. The first-order valence-corrected chi connectivity index (χ1v) is 10.7. The second-order valence-corrected chi connectivity index (χ2v) is 9.29. The molecule has 1 atom stereocenters. The van der Waals surface area contributed by atoms with Gasteiger partial charge in [0.2, 0.25) is 0 Å². The monoisotopic (exact) mass is 497 g/mol. The third-order valence-electron chi connectivity index (χ3n) is 4.89. The molecule has 0 bridgehead atoms. The van der Waals surface area contributed by atoms with Gasteiger partial charge in [-0.3, -0.25) is 4.99 Å². The van der Waals surface area contributed by atoms with Gasteiger partial charge in [0.05, 0.1) is 5.75 Å². The van der Waals surface area contributed by atoms with Gasteiger partial charge in [0.15, 0.2) is 5.96 Å². The average Bonchev–Trinajstić information content (AvgIpc) is 2.51. The Morgan fingerprint density at radius 2 is 1.92 bits per heavy atom. The Hall–Kier alpha value is -0.900. The topological polar surface area (TPSA) is 70.6 Å². The zero-order valence-electron chi connectivity index (χ0n) is 15.6. The van der Waals surface area contributed by atoms with Crippen LogP contribution in [0.4, 0.5) is 4.39 Å². The van der Waals surface area contributed by atoms with Gasteiger partial charge in [-0.25, -0.2) is 12.8 Å². The van der Waals surface area contributed by atoms with Crippen molar-refractivity contribution in [3.63, 3.8) is 0 Å². The van der Waals surface area contributed by atoms with Crippen molar-refractivity contribution < 1.29 is 12.8 Å². The molecule has 1 unspecified atom stereocenters. The molecule has 1 saturated carbocycles. The molecule has 2 N–H and O–H groups in total. The van der Waals surface area contributed by atoms with Crippen LogP contribution in [0.5, 0.6) is 0 Å². The van der Waals surface area contributed by atoms with Crippen LogP contribution in [0.1, 0.15) is 38.2 Å². The highest BCUT2D eigenvalue weighted by molar-refractivity contribution is 14.0. The molecule has 1 fully saturated rings. The predicted octanol–water partition coefficient (Wildman–Crippen LogP) is 2.85. The molecule has 1 aromatic carbocycles. The van der Waals surface area contributed by atoms with Crippen molar-refractivity contribution in [3.05, 3.63) is 35.6 Å². The Kier molecular flexibility index (Phi) is 8.78. The fraction of sp³-hybridized carbons (Fsp3) is 0.611. The van der Waals surface area contributed by atoms with E-state index < -0.39 is 9.84 Å². The maximum atomic E-state index is 13.2. The minimum atomic E-state index is -2.96. The first-order chi connectivity index (χ1) is 11.7. The Morgan fingerprint density at radius 3 is 2.38 bits per heavy atom. The smallest absolute Gasteiger partial charge is 0.191 e. The number of halogens is 2. The molecule has 148 valence electrons. The van der Waals surface area contributed by atoms with Gasteiger partial charge >= 0.3 is 0 Å². The normalized spacial score (nSPS) is 17.6. The predicted molar refractivity (Wildman–Crippen MR) is 116 cm³/mol. The van der Waals surface area contributed by atoms with Crippen molar-refractivity contribution in [1.82, 2.24) is 10.6 Å². The van der Waals surface area contributed by atoms with E-state index >= 15 is 0 Å². The lowest BCUT2D eigenvalue weighted by molar-refractivity contribution is 0.243. The molecule has 2 rings (SSSR count). The highest BCUT2D eigenvalue weighted by Gasteiger charge is 2.38. The molecular weight excluding hydrogens is 468 g/mol. The number of hydrogen-bond acceptors (Lipinski definition) is 3. The maximum absolute atomic E-state index is 13.2. The number of benzene rings is 1. The van der Waals surface area contributed by atoms with Crippen molar-refractivity contribution >= 4 is 39.8 Å². The Balaban J connectivity index is 0.00000338. The van der Waals surface area contributed by atoms with Crippen LogP contribution in [-0.4, -0.2) is 46.0 Å². The molecule has 0 amide bonds. The van der Waals surface area contributed by atoms with Crippen LogP contribution in [0, 0.1) is 5.82 Å². The van der Waals surface area contributed by atoms with E-state index in [1.54, 1.807) is 7.05 Å². The fourth-order valence-corrected chi connectivity index (χ4v) is 3.90. The van der Waals surface area contributed by atoms with E-state index in [-0.39, 0.29) is 47.0 Å². The largest absolute Gasteiger partial charge is 0.356 e. The quantitative estimate of drug-likeness (QED) is 0.346. The van der Waals surface area contributed by atoms with Gasteiger partial charge in [-0.2, -0.15) is 0 Å². The summed E-state index contributed by atoms with van der Waals surface area (Å²) in [6.45, 7) is 2.66. The second-order valence-electron chi connectivity index (χ2n) is 7.03. The van der Waals surface area contributed by atoms with E-state index in [2.05, 4.69) is 15.6 Å². The first kappa shape index (κ1) is 23.1. The van der Waals surface area contributed by atoms with Gasteiger partial charge in [0.1, 0.15) is 15.7 Å². The molecule has 0 spiro atoms. The van der Waals surface area contributed by atoms with Gasteiger partial charge in [0.25, 0.3) is 0 Å². The molecule has 1 aliphatic carbocycles. The summed E-state index contributed by atoms with van der Waals surface area (Å²) in [5.74, 6) is 0.593. The summed E-state index contributed by atoms with van der Waals surface area (Å²) in [4.78, 5) is 4.23. The van der Waals surface area contributed by atoms with Crippen LogP contribution < -0.4 is 10.6 Å². The van der Waals surface area contributed by atoms with Gasteiger partial charge in [-0.1, -0.05) is 18.6 Å². The third kappa shape index (κ3) is 6.68. The van der Waals surface area contributed by atoms with Crippen molar-refractivity contribution in [1.29, 1.82) is 0 Å². The molecule has 1 aromatic rings. The summed E-state index contributed by atoms with van der Waals surface area (Å²) in [6.07, 6.45) is 5.06. The Labute approximate surface area is 173 Å². The van der Waals surface area contributed by atoms with Crippen molar-refractivity contribution in [2.45, 2.75) is 44.1 Å². The number of nitrogens with zero attached hydrogens (tertiary/aromatic N) is 1. The van der Waals surface area contributed by atoms with Gasteiger partial charge < -0.3 is 10.6 Å². The summed E-state index contributed by atoms with van der Waals surface area (Å²) < 4.78 is 35.7. The van der Waals surface area contributed by atoms with Crippen LogP contribution in [0.2, 0.25) is 0 Å². The summed E-state index contributed by atoms with van der Waals surface area (Å²) in [6, 6.07) is 6.75. The van der Waals surface area contributed by atoms with Crippen LogP contribution >= 0.6 is 24.0 Å². The minimum Gasteiger partial charge on any atom is -0.356 e. The maximum Gasteiger partial charge on any atom is 0.191 e. The van der Waals surface area contributed by atoms with Gasteiger partial charge in [-0.15, -0.1) is 24.0 Å². The molecule has 0 saturated heterocycles. The van der Waals surface area contributed by atoms with Gasteiger partial charge in [0, 0.05) is 31.3 Å². The lowest BCUT2D eigenvalue weighted by atomic mass is 9.64. The first-order valence-electron chi connectivity index (χ1n) is 8.65. The number of sulfone groups is 1. The molecule has 8 heteroatoms. The molecule has 1 aliphatic rings. The lowest BCUT2D eigenvalue weighted by Gasteiger charge is -2.43. The van der Waals surface area contributed by atoms with Crippen molar-refractivity contribution in [2.75, 3.05) is 25.6 Å². The summed E-state index contributed by atoms with van der Waals surface area (Å²) in [5.41, 5.74) is 1.16. The van der Waals surface area contributed by atoms with E-state index in [0.717, 1.165) is 31.4 Å². The molecule has 5 nitrogen and oxygen atoms in total. The van der Waals surface area contributed by atoms with E-state index in [1.165, 1.54) is 18.4 Å². The number of guanidine groups is 1. The second kappa shape index (κ2) is 9.87. The molecule has 0 aliphatic heterocycles. The lowest BCUT2D eigenvalue weighted by Crippen LogP contribution is -2.50. The van der Waals surface area contributed by atoms with Crippen molar-refractivity contribution in [3.8, 4) is 0 Å². The van der Waals surface area contributed by atoms with E-state index in [0.29, 0.717) is 12.4 Å². The summed E-state index contributed by atoms with van der Waals surface area (Å²) >= 11 is 0. The standard InChI is InChI=1S/C18H28FN3O2S.HI/c1-14(9-12-25(3,23)24)22-17(20-2)21-13-18(10-4-11-18)15-5-7-16(19)8-6-15;/h5-8,14H,4,9-13H2,1-3H3,(H2,20,21,22);1H. The highest BCUT2D eigenvalue weighted by Crippen LogP contribution is 2.43. The molecule has 0 aromatic heterocycles. The average molecular weight is 497 g/mol. The van der Waals surface area contributed by atoms with E-state index in [1.807, 2.05) is 19.1 Å². The van der Waals surface area contributed by atoms with Crippen LogP contribution in [0.3, 0.4) is 0 Å². The molecule has 26 heavy (non-hydrogen) atoms. The molecule has 0 heterocycles. The van der Waals surface area contributed by atoms with Crippen LogP contribution in [0.15, 0.2) is 29.3 Å². The molecular formula is C18H29FIN3O2S. The van der Waals surface area contributed by atoms with E-state index in [4.69, 9.17) is 0 Å². The van der Waals surface area contributed by atoms with Crippen LogP contribution in [-0.2, 0) is 15.3 Å². The highest BCUT2D eigenvalue weighted by atomic mass is 127. The third-order valence-corrected chi connectivity index (χ3v) is 5.87. The number of aliphatic imine (C=N–C) groups is 1. The zero-order chi connectivity index (χ0) is 18.5.